The maximum Gasteiger partial charge on any atom is 0.336 e. The molecule has 0 saturated carbocycles. The van der Waals surface area contributed by atoms with Crippen molar-refractivity contribution in [1.29, 1.82) is 0 Å². The van der Waals surface area contributed by atoms with Gasteiger partial charge in [-0.25, -0.2) is 4.79 Å². The zero-order chi connectivity index (χ0) is 9.97. The van der Waals surface area contributed by atoms with Gasteiger partial charge in [-0.2, -0.15) is 0 Å². The SMILES string of the molecule is O=C1C=C/C(=C(/C#C[C@H]2CO2)CO)O1. The Morgan fingerprint density at radius 1 is 1.64 bits per heavy atom. The van der Waals surface area contributed by atoms with Crippen molar-refractivity contribution in [3.63, 3.8) is 0 Å². The first-order chi connectivity index (χ1) is 6.79. The third-order valence-corrected chi connectivity index (χ3v) is 1.75. The largest absolute Gasteiger partial charge is 0.422 e. The van der Waals surface area contributed by atoms with Gasteiger partial charge in [0.15, 0.2) is 0 Å². The lowest BCUT2D eigenvalue weighted by Crippen LogP contribution is -1.97. The molecule has 0 aliphatic carbocycles. The van der Waals surface area contributed by atoms with Gasteiger partial charge in [-0.05, 0) is 6.08 Å². The number of ether oxygens (including phenoxy) is 2. The average molecular weight is 192 g/mol. The summed E-state index contributed by atoms with van der Waals surface area (Å²) in [5.74, 6) is 5.39. The van der Waals surface area contributed by atoms with Crippen LogP contribution in [-0.4, -0.2) is 30.4 Å². The highest BCUT2D eigenvalue weighted by Gasteiger charge is 2.19. The Labute approximate surface area is 80.8 Å². The molecule has 72 valence electrons. The topological polar surface area (TPSA) is 59.1 Å². The molecule has 0 aromatic heterocycles. The number of rotatable bonds is 1. The van der Waals surface area contributed by atoms with Crippen molar-refractivity contribution in [2.45, 2.75) is 6.10 Å². The van der Waals surface area contributed by atoms with Crippen LogP contribution in [0.3, 0.4) is 0 Å². The summed E-state index contributed by atoms with van der Waals surface area (Å²) in [7, 11) is 0. The Morgan fingerprint density at radius 3 is 2.93 bits per heavy atom. The van der Waals surface area contributed by atoms with E-state index in [1.54, 1.807) is 0 Å². The number of hydrogen-bond acceptors (Lipinski definition) is 4. The van der Waals surface area contributed by atoms with E-state index in [0.29, 0.717) is 17.9 Å². The Balaban J connectivity index is 2.16. The maximum atomic E-state index is 10.7. The van der Waals surface area contributed by atoms with Gasteiger partial charge in [0.1, 0.15) is 11.9 Å². The van der Waals surface area contributed by atoms with Crippen molar-refractivity contribution >= 4 is 5.97 Å². The summed E-state index contributed by atoms with van der Waals surface area (Å²) in [6, 6.07) is 0. The minimum Gasteiger partial charge on any atom is -0.422 e. The summed E-state index contributed by atoms with van der Waals surface area (Å²) in [6.07, 6.45) is 2.76. The molecule has 0 amide bonds. The number of aliphatic hydroxyl groups is 1. The zero-order valence-corrected chi connectivity index (χ0v) is 7.32. The van der Waals surface area contributed by atoms with Gasteiger partial charge >= 0.3 is 5.97 Å². The number of carbonyl (C=O) groups excluding carboxylic acids is 1. The lowest BCUT2D eigenvalue weighted by atomic mass is 10.2. The Bertz CT molecular complexity index is 377. The fourth-order valence-electron chi connectivity index (χ4n) is 0.960. The first-order valence-corrected chi connectivity index (χ1v) is 4.16. The lowest BCUT2D eigenvalue weighted by Gasteiger charge is -1.98. The van der Waals surface area contributed by atoms with E-state index in [9.17, 15) is 4.79 Å². The predicted molar refractivity (Wildman–Crippen MR) is 46.9 cm³/mol. The second-order valence-corrected chi connectivity index (χ2v) is 2.85. The van der Waals surface area contributed by atoms with E-state index >= 15 is 0 Å². The summed E-state index contributed by atoms with van der Waals surface area (Å²) in [6.45, 7) is 0.392. The second-order valence-electron chi connectivity index (χ2n) is 2.85. The van der Waals surface area contributed by atoms with Gasteiger partial charge in [0.2, 0.25) is 0 Å². The minimum absolute atomic E-state index is 0.0294. The van der Waals surface area contributed by atoms with Crippen molar-refractivity contribution in [3.8, 4) is 11.8 Å². The molecule has 0 aromatic rings. The van der Waals surface area contributed by atoms with Gasteiger partial charge in [0, 0.05) is 6.08 Å². The highest BCUT2D eigenvalue weighted by atomic mass is 16.6. The summed E-state index contributed by atoms with van der Waals surface area (Å²) < 4.78 is 9.68. The van der Waals surface area contributed by atoms with E-state index in [-0.39, 0.29) is 12.7 Å². The molecule has 4 nitrogen and oxygen atoms in total. The molecule has 0 radical (unpaired) electrons. The molecule has 2 aliphatic rings. The van der Waals surface area contributed by atoms with Crippen molar-refractivity contribution in [1.82, 2.24) is 0 Å². The number of cyclic esters (lactones) is 1. The first kappa shape index (κ1) is 9.00. The molecule has 2 rings (SSSR count). The van der Waals surface area contributed by atoms with Crippen molar-refractivity contribution < 1.29 is 19.4 Å². The van der Waals surface area contributed by atoms with Crippen LogP contribution < -0.4 is 0 Å². The number of esters is 1. The van der Waals surface area contributed by atoms with Crippen LogP contribution in [0, 0.1) is 11.8 Å². The van der Waals surface area contributed by atoms with Gasteiger partial charge in [-0.15, -0.1) is 0 Å². The van der Waals surface area contributed by atoms with Crippen LogP contribution in [0.5, 0.6) is 0 Å². The Morgan fingerprint density at radius 2 is 2.43 bits per heavy atom. The third-order valence-electron chi connectivity index (χ3n) is 1.75. The average Bonchev–Trinajstić information content (AvgIpc) is 2.90. The van der Waals surface area contributed by atoms with Crippen LogP contribution in [0.4, 0.5) is 0 Å². The number of hydrogen-bond donors (Lipinski definition) is 1. The molecule has 1 atom stereocenters. The van der Waals surface area contributed by atoms with E-state index in [1.807, 2.05) is 0 Å². The van der Waals surface area contributed by atoms with Gasteiger partial charge < -0.3 is 14.6 Å². The molecule has 0 bridgehead atoms. The van der Waals surface area contributed by atoms with Crippen LogP contribution in [0.2, 0.25) is 0 Å². The monoisotopic (exact) mass is 192 g/mol. The normalized spacial score (nSPS) is 26.6. The smallest absolute Gasteiger partial charge is 0.336 e. The molecular formula is C10H8O4. The van der Waals surface area contributed by atoms with Crippen molar-refractivity contribution in [2.75, 3.05) is 13.2 Å². The summed E-state index contributed by atoms with van der Waals surface area (Å²) in [5, 5.41) is 8.98. The quantitative estimate of drug-likeness (QED) is 0.353. The van der Waals surface area contributed by atoms with Crippen LogP contribution >= 0.6 is 0 Å². The molecule has 2 heterocycles. The fourth-order valence-corrected chi connectivity index (χ4v) is 0.960. The van der Waals surface area contributed by atoms with Crippen molar-refractivity contribution in [3.05, 3.63) is 23.5 Å². The number of aliphatic hydroxyl groups excluding tert-OH is 1. The molecule has 2 aliphatic heterocycles. The highest BCUT2D eigenvalue weighted by molar-refractivity contribution is 5.86. The molecule has 1 saturated heterocycles. The second kappa shape index (κ2) is 3.66. The minimum atomic E-state index is -0.435. The predicted octanol–water partition coefficient (Wildman–Crippen LogP) is -0.252. The van der Waals surface area contributed by atoms with Crippen LogP contribution in [-0.2, 0) is 14.3 Å². The third kappa shape index (κ3) is 2.02. The molecule has 4 heteroatoms. The van der Waals surface area contributed by atoms with E-state index in [1.165, 1.54) is 12.2 Å². The van der Waals surface area contributed by atoms with Gasteiger partial charge in [-0.1, -0.05) is 11.8 Å². The van der Waals surface area contributed by atoms with Crippen LogP contribution in [0.1, 0.15) is 0 Å². The number of allylic oxidation sites excluding steroid dienone is 1. The molecule has 0 spiro atoms. The zero-order valence-electron chi connectivity index (χ0n) is 7.32. The maximum absolute atomic E-state index is 10.7. The van der Waals surface area contributed by atoms with E-state index in [0.717, 1.165) is 0 Å². The summed E-state index contributed by atoms with van der Waals surface area (Å²) >= 11 is 0. The number of epoxide rings is 1. The van der Waals surface area contributed by atoms with Gasteiger partial charge in [0.25, 0.3) is 0 Å². The molecule has 1 N–H and O–H groups in total. The number of carbonyl (C=O) groups is 1. The lowest BCUT2D eigenvalue weighted by molar-refractivity contribution is -0.132. The fraction of sp³-hybridized carbons (Fsp3) is 0.300. The Hall–Kier alpha value is -1.57. The Kier molecular flexibility index (Phi) is 2.35. The van der Waals surface area contributed by atoms with Crippen LogP contribution in [0.25, 0.3) is 0 Å². The molecule has 1 fully saturated rings. The van der Waals surface area contributed by atoms with Crippen LogP contribution in [0.15, 0.2) is 23.5 Å². The van der Waals surface area contributed by atoms with E-state index in [2.05, 4.69) is 11.8 Å². The molecular weight excluding hydrogens is 184 g/mol. The van der Waals surface area contributed by atoms with Gasteiger partial charge in [-0.3, -0.25) is 0 Å². The molecule has 0 aromatic carbocycles. The van der Waals surface area contributed by atoms with Crippen molar-refractivity contribution in [2.24, 2.45) is 0 Å². The molecule has 0 unspecified atom stereocenters. The molecule has 14 heavy (non-hydrogen) atoms. The summed E-state index contributed by atoms with van der Waals surface area (Å²) in [5.41, 5.74) is 0.405. The van der Waals surface area contributed by atoms with E-state index in [4.69, 9.17) is 14.6 Å². The summed E-state index contributed by atoms with van der Waals surface area (Å²) in [4.78, 5) is 10.7. The standard InChI is InChI=1S/C10H8O4/c11-5-7(1-2-8-6-13-8)9-3-4-10(12)14-9/h3-4,8,11H,5-6H2/b9-7+/t8-/m0/s1. The van der Waals surface area contributed by atoms with Gasteiger partial charge in [0.05, 0.1) is 18.8 Å². The van der Waals surface area contributed by atoms with E-state index < -0.39 is 5.97 Å². The first-order valence-electron chi connectivity index (χ1n) is 4.16. The highest BCUT2D eigenvalue weighted by Crippen LogP contribution is 2.14.